The summed E-state index contributed by atoms with van der Waals surface area (Å²) < 4.78 is 5.63. The highest BCUT2D eigenvalue weighted by molar-refractivity contribution is 5.08. The van der Waals surface area contributed by atoms with Crippen LogP contribution in [0.3, 0.4) is 0 Å². The quantitative estimate of drug-likeness (QED) is 0.841. The molecule has 1 unspecified atom stereocenters. The van der Waals surface area contributed by atoms with Gasteiger partial charge >= 0.3 is 0 Å². The SMILES string of the molecule is Cc1ccc(C(C)NCCN(C)C2CCCC2)o1. The molecule has 3 heteroatoms. The lowest BCUT2D eigenvalue weighted by Gasteiger charge is -2.24. The summed E-state index contributed by atoms with van der Waals surface area (Å²) in [4.78, 5) is 2.50. The highest BCUT2D eigenvalue weighted by Gasteiger charge is 2.19. The van der Waals surface area contributed by atoms with Crippen LogP contribution in [0, 0.1) is 6.92 Å². The third-order valence-electron chi connectivity index (χ3n) is 4.05. The summed E-state index contributed by atoms with van der Waals surface area (Å²) in [5.41, 5.74) is 0. The van der Waals surface area contributed by atoms with Crippen LogP contribution >= 0.6 is 0 Å². The minimum Gasteiger partial charge on any atom is -0.465 e. The van der Waals surface area contributed by atoms with Crippen molar-refractivity contribution in [3.05, 3.63) is 23.7 Å². The Balaban J connectivity index is 1.68. The van der Waals surface area contributed by atoms with Gasteiger partial charge in [0, 0.05) is 19.1 Å². The zero-order chi connectivity index (χ0) is 13.0. The number of nitrogens with one attached hydrogen (secondary N) is 1. The predicted octanol–water partition coefficient (Wildman–Crippen LogP) is 3.11. The number of hydrogen-bond donors (Lipinski definition) is 1. The summed E-state index contributed by atoms with van der Waals surface area (Å²) in [5, 5.41) is 3.53. The van der Waals surface area contributed by atoms with Gasteiger partial charge in [-0.15, -0.1) is 0 Å². The van der Waals surface area contributed by atoms with Crippen LogP contribution in [0.4, 0.5) is 0 Å². The van der Waals surface area contributed by atoms with E-state index in [0.29, 0.717) is 6.04 Å². The van der Waals surface area contributed by atoms with Gasteiger partial charge in [0.15, 0.2) is 0 Å². The Morgan fingerprint density at radius 1 is 1.39 bits per heavy atom. The molecule has 1 saturated carbocycles. The third-order valence-corrected chi connectivity index (χ3v) is 4.05. The predicted molar refractivity (Wildman–Crippen MR) is 74.7 cm³/mol. The molecule has 0 radical (unpaired) electrons. The second kappa shape index (κ2) is 6.39. The minimum absolute atomic E-state index is 0.302. The van der Waals surface area contributed by atoms with Crippen molar-refractivity contribution in [2.24, 2.45) is 0 Å². The van der Waals surface area contributed by atoms with E-state index in [2.05, 4.69) is 30.3 Å². The van der Waals surface area contributed by atoms with Gasteiger partial charge in [-0.1, -0.05) is 12.8 Å². The summed E-state index contributed by atoms with van der Waals surface area (Å²) in [6.45, 7) is 6.29. The van der Waals surface area contributed by atoms with E-state index < -0.39 is 0 Å². The molecule has 1 heterocycles. The zero-order valence-electron chi connectivity index (χ0n) is 11.9. The minimum atomic E-state index is 0.302. The first-order chi connectivity index (χ1) is 8.66. The molecule has 0 aliphatic heterocycles. The number of aryl methyl sites for hydroxylation is 1. The number of likely N-dealkylation sites (N-methyl/N-ethyl adjacent to an activating group) is 1. The Morgan fingerprint density at radius 2 is 2.11 bits per heavy atom. The average molecular weight is 250 g/mol. The van der Waals surface area contributed by atoms with Gasteiger partial charge in [-0.25, -0.2) is 0 Å². The molecule has 1 aliphatic carbocycles. The van der Waals surface area contributed by atoms with Gasteiger partial charge in [0.1, 0.15) is 11.5 Å². The van der Waals surface area contributed by atoms with Crippen LogP contribution in [0.15, 0.2) is 16.5 Å². The van der Waals surface area contributed by atoms with Crippen molar-refractivity contribution in [1.82, 2.24) is 10.2 Å². The number of furan rings is 1. The van der Waals surface area contributed by atoms with Crippen LogP contribution in [-0.4, -0.2) is 31.1 Å². The van der Waals surface area contributed by atoms with Crippen molar-refractivity contribution < 1.29 is 4.42 Å². The third kappa shape index (κ3) is 3.59. The molecule has 0 saturated heterocycles. The zero-order valence-corrected chi connectivity index (χ0v) is 11.9. The molecule has 0 bridgehead atoms. The smallest absolute Gasteiger partial charge is 0.120 e. The summed E-state index contributed by atoms with van der Waals surface area (Å²) >= 11 is 0. The van der Waals surface area contributed by atoms with E-state index in [-0.39, 0.29) is 0 Å². The molecule has 102 valence electrons. The standard InChI is InChI=1S/C15H26N2O/c1-12-8-9-15(18-12)13(2)16-10-11-17(3)14-6-4-5-7-14/h8-9,13-14,16H,4-7,10-11H2,1-3H3. The van der Waals surface area contributed by atoms with Gasteiger partial charge in [0.2, 0.25) is 0 Å². The number of hydrogen-bond acceptors (Lipinski definition) is 3. The summed E-state index contributed by atoms with van der Waals surface area (Å²) in [5.74, 6) is 2.03. The lowest BCUT2D eigenvalue weighted by molar-refractivity contribution is 0.241. The maximum absolute atomic E-state index is 5.63. The van der Waals surface area contributed by atoms with Crippen molar-refractivity contribution in [3.8, 4) is 0 Å². The van der Waals surface area contributed by atoms with E-state index in [0.717, 1.165) is 30.7 Å². The lowest BCUT2D eigenvalue weighted by Crippen LogP contribution is -2.36. The van der Waals surface area contributed by atoms with Crippen molar-refractivity contribution in [2.45, 2.75) is 51.6 Å². The summed E-state index contributed by atoms with van der Waals surface area (Å²) in [6.07, 6.45) is 5.57. The largest absolute Gasteiger partial charge is 0.465 e. The Hall–Kier alpha value is -0.800. The molecule has 18 heavy (non-hydrogen) atoms. The Morgan fingerprint density at radius 3 is 2.72 bits per heavy atom. The van der Waals surface area contributed by atoms with Gasteiger partial charge in [-0.05, 0) is 45.9 Å². The molecule has 2 rings (SSSR count). The molecular formula is C15H26N2O. The van der Waals surface area contributed by atoms with Gasteiger partial charge in [0.25, 0.3) is 0 Å². The van der Waals surface area contributed by atoms with Crippen LogP contribution in [-0.2, 0) is 0 Å². The average Bonchev–Trinajstić information content (AvgIpc) is 2.99. The van der Waals surface area contributed by atoms with E-state index in [1.165, 1.54) is 25.7 Å². The van der Waals surface area contributed by atoms with Gasteiger partial charge in [0.05, 0.1) is 6.04 Å². The van der Waals surface area contributed by atoms with Crippen molar-refractivity contribution >= 4 is 0 Å². The lowest BCUT2D eigenvalue weighted by atomic mass is 10.2. The van der Waals surface area contributed by atoms with E-state index in [1.807, 2.05) is 13.0 Å². The van der Waals surface area contributed by atoms with E-state index in [9.17, 15) is 0 Å². The molecule has 0 aromatic carbocycles. The summed E-state index contributed by atoms with van der Waals surface area (Å²) in [6, 6.07) is 5.20. The van der Waals surface area contributed by atoms with E-state index in [4.69, 9.17) is 4.42 Å². The molecule has 1 N–H and O–H groups in total. The molecular weight excluding hydrogens is 224 g/mol. The van der Waals surface area contributed by atoms with Crippen LogP contribution in [0.1, 0.15) is 50.2 Å². The molecule has 1 atom stereocenters. The fourth-order valence-electron chi connectivity index (χ4n) is 2.77. The van der Waals surface area contributed by atoms with Crippen LogP contribution < -0.4 is 5.32 Å². The monoisotopic (exact) mass is 250 g/mol. The molecule has 0 amide bonds. The molecule has 1 fully saturated rings. The molecule has 1 aromatic rings. The fourth-order valence-corrected chi connectivity index (χ4v) is 2.77. The molecule has 1 aliphatic rings. The first-order valence-corrected chi connectivity index (χ1v) is 7.17. The second-order valence-corrected chi connectivity index (χ2v) is 5.54. The second-order valence-electron chi connectivity index (χ2n) is 5.54. The fraction of sp³-hybridized carbons (Fsp3) is 0.733. The molecule has 3 nitrogen and oxygen atoms in total. The Labute approximate surface area is 111 Å². The first-order valence-electron chi connectivity index (χ1n) is 7.17. The highest BCUT2D eigenvalue weighted by atomic mass is 16.3. The highest BCUT2D eigenvalue weighted by Crippen LogP contribution is 2.22. The van der Waals surface area contributed by atoms with Gasteiger partial charge < -0.3 is 14.6 Å². The number of rotatable bonds is 6. The Bertz CT molecular complexity index is 355. The van der Waals surface area contributed by atoms with Gasteiger partial charge in [-0.3, -0.25) is 0 Å². The first kappa shape index (κ1) is 13.6. The van der Waals surface area contributed by atoms with Crippen molar-refractivity contribution in [3.63, 3.8) is 0 Å². The van der Waals surface area contributed by atoms with E-state index in [1.54, 1.807) is 0 Å². The number of nitrogens with zero attached hydrogens (tertiary/aromatic N) is 1. The Kier molecular flexibility index (Phi) is 4.84. The van der Waals surface area contributed by atoms with Crippen LogP contribution in [0.2, 0.25) is 0 Å². The maximum atomic E-state index is 5.63. The van der Waals surface area contributed by atoms with E-state index >= 15 is 0 Å². The molecule has 0 spiro atoms. The van der Waals surface area contributed by atoms with Crippen LogP contribution in [0.5, 0.6) is 0 Å². The van der Waals surface area contributed by atoms with Gasteiger partial charge in [-0.2, -0.15) is 0 Å². The van der Waals surface area contributed by atoms with Crippen molar-refractivity contribution in [2.75, 3.05) is 20.1 Å². The normalized spacial score (nSPS) is 18.7. The molecule has 1 aromatic heterocycles. The van der Waals surface area contributed by atoms with Crippen LogP contribution in [0.25, 0.3) is 0 Å². The summed E-state index contributed by atoms with van der Waals surface area (Å²) in [7, 11) is 2.25. The topological polar surface area (TPSA) is 28.4 Å². The van der Waals surface area contributed by atoms with Crippen molar-refractivity contribution in [1.29, 1.82) is 0 Å². The maximum Gasteiger partial charge on any atom is 0.120 e.